The number of ether oxygens (including phenoxy) is 1. The van der Waals surface area contributed by atoms with Crippen LogP contribution in [0.25, 0.3) is 22.4 Å². The molecule has 0 amide bonds. The van der Waals surface area contributed by atoms with Gasteiger partial charge in [0.25, 0.3) is 0 Å². The van der Waals surface area contributed by atoms with E-state index in [0.29, 0.717) is 42.0 Å². The number of nitrogens with zero attached hydrogens (tertiary/aromatic N) is 1. The topological polar surface area (TPSA) is 68.5 Å². The Morgan fingerprint density at radius 1 is 1.15 bits per heavy atom. The van der Waals surface area contributed by atoms with Gasteiger partial charge in [-0.1, -0.05) is 26.0 Å². The molecule has 0 saturated carbocycles. The van der Waals surface area contributed by atoms with Crippen molar-refractivity contribution < 1.29 is 27.8 Å². The fourth-order valence-corrected chi connectivity index (χ4v) is 5.05. The van der Waals surface area contributed by atoms with Gasteiger partial charge >= 0.3 is 12.1 Å². The normalized spacial score (nSPS) is 16.6. The second kappa shape index (κ2) is 7.75. The van der Waals surface area contributed by atoms with Gasteiger partial charge in [-0.2, -0.15) is 13.2 Å². The zero-order valence-corrected chi connectivity index (χ0v) is 18.6. The number of fused-ring (bicyclic) bond motifs is 5. The van der Waals surface area contributed by atoms with Gasteiger partial charge in [-0.3, -0.25) is 4.79 Å². The fourth-order valence-electron chi connectivity index (χ4n) is 5.05. The fraction of sp³-hybridized carbons (Fsp3) is 0.308. The molecule has 8 heteroatoms. The summed E-state index contributed by atoms with van der Waals surface area (Å²) >= 11 is 0. The number of carboxylic acids is 1. The minimum Gasteiger partial charge on any atom is -0.492 e. The van der Waals surface area contributed by atoms with Crippen LogP contribution in [0.1, 0.15) is 46.9 Å². The molecule has 5 rings (SSSR count). The molecule has 0 bridgehead atoms. The summed E-state index contributed by atoms with van der Waals surface area (Å²) in [6, 6.07) is 8.13. The molecule has 2 aliphatic rings. The molecule has 1 N–H and O–H groups in total. The summed E-state index contributed by atoms with van der Waals surface area (Å²) in [6.45, 7) is 4.49. The maximum absolute atomic E-state index is 13.4. The minimum absolute atomic E-state index is 0.0784. The van der Waals surface area contributed by atoms with Gasteiger partial charge in [0.1, 0.15) is 11.3 Å². The summed E-state index contributed by atoms with van der Waals surface area (Å²) in [4.78, 5) is 24.2. The molecule has 1 atom stereocenters. The zero-order valence-electron chi connectivity index (χ0n) is 18.6. The van der Waals surface area contributed by atoms with Crippen molar-refractivity contribution in [2.45, 2.75) is 38.9 Å². The number of rotatable bonds is 3. The van der Waals surface area contributed by atoms with E-state index in [1.807, 2.05) is 18.4 Å². The number of aromatic carboxylic acids is 1. The van der Waals surface area contributed by atoms with E-state index in [9.17, 15) is 27.9 Å². The van der Waals surface area contributed by atoms with E-state index in [2.05, 4.69) is 0 Å². The molecule has 176 valence electrons. The van der Waals surface area contributed by atoms with Crippen LogP contribution >= 0.6 is 0 Å². The molecule has 0 radical (unpaired) electrons. The molecule has 0 aliphatic carbocycles. The van der Waals surface area contributed by atoms with E-state index >= 15 is 0 Å². The van der Waals surface area contributed by atoms with Crippen LogP contribution in [0, 0.1) is 5.92 Å². The van der Waals surface area contributed by atoms with Crippen molar-refractivity contribution >= 4 is 5.97 Å². The second-order valence-electron chi connectivity index (χ2n) is 9.10. The smallest absolute Gasteiger partial charge is 0.416 e. The van der Waals surface area contributed by atoms with E-state index in [4.69, 9.17) is 4.74 Å². The predicted molar refractivity (Wildman–Crippen MR) is 120 cm³/mol. The third-order valence-electron chi connectivity index (χ3n) is 6.72. The molecule has 2 aliphatic heterocycles. The van der Waals surface area contributed by atoms with Crippen LogP contribution in [0.5, 0.6) is 5.75 Å². The van der Waals surface area contributed by atoms with Gasteiger partial charge in [-0.15, -0.1) is 0 Å². The van der Waals surface area contributed by atoms with Crippen LogP contribution in [0.3, 0.4) is 0 Å². The van der Waals surface area contributed by atoms with Gasteiger partial charge in [0.2, 0.25) is 0 Å². The molecule has 5 nitrogen and oxygen atoms in total. The van der Waals surface area contributed by atoms with Crippen LogP contribution < -0.4 is 10.2 Å². The molecule has 2 aromatic carbocycles. The van der Waals surface area contributed by atoms with Gasteiger partial charge < -0.3 is 14.4 Å². The van der Waals surface area contributed by atoms with Crippen molar-refractivity contribution in [1.82, 2.24) is 4.57 Å². The monoisotopic (exact) mass is 469 g/mol. The van der Waals surface area contributed by atoms with Crippen LogP contribution in [0.15, 0.2) is 47.4 Å². The lowest BCUT2D eigenvalue weighted by atomic mass is 9.82. The number of carbonyl (C=O) groups is 1. The minimum atomic E-state index is -4.48. The number of aromatic nitrogens is 1. The highest BCUT2D eigenvalue weighted by Crippen LogP contribution is 2.48. The van der Waals surface area contributed by atoms with Crippen LogP contribution in [0.4, 0.5) is 13.2 Å². The lowest BCUT2D eigenvalue weighted by molar-refractivity contribution is -0.137. The summed E-state index contributed by atoms with van der Waals surface area (Å²) < 4.78 is 47.9. The Hall–Kier alpha value is -3.55. The third kappa shape index (κ3) is 3.48. The van der Waals surface area contributed by atoms with E-state index in [1.54, 1.807) is 12.1 Å². The van der Waals surface area contributed by atoms with Crippen molar-refractivity contribution in [3.63, 3.8) is 0 Å². The predicted octanol–water partition coefficient (Wildman–Crippen LogP) is 5.59. The quantitative estimate of drug-likeness (QED) is 0.543. The summed E-state index contributed by atoms with van der Waals surface area (Å²) in [5.74, 6) is -0.559. The molecular formula is C26H22F3NO4. The number of alkyl halides is 3. The van der Waals surface area contributed by atoms with Gasteiger partial charge in [0, 0.05) is 41.4 Å². The first-order chi connectivity index (χ1) is 16.1. The SMILES string of the molecule is CC(C)[C@@H]1Cc2c(cc(-c3cccc(C(F)(F)F)c3)c3c2CCO3)-c2cc(=O)c(C(=O)O)cn21. The zero-order chi connectivity index (χ0) is 24.4. The molecule has 3 aromatic rings. The first-order valence-electron chi connectivity index (χ1n) is 11.0. The standard InChI is InChI=1S/C26H22F3NO4/c1-13(2)21-10-18-16-6-7-34-24(16)17(14-4-3-5-15(8-14)26(27,28)29)9-19(18)22-11-23(31)20(25(32)33)12-30(21)22/h3-5,8-9,11-13,21H,6-7,10H2,1-2H3,(H,32,33)/t21-/m0/s1. The summed E-state index contributed by atoms with van der Waals surface area (Å²) in [5.41, 5.74) is 2.48. The Morgan fingerprint density at radius 2 is 1.91 bits per heavy atom. The van der Waals surface area contributed by atoms with Gasteiger partial charge in [-0.25, -0.2) is 4.79 Å². The molecule has 1 aromatic heterocycles. The number of halogens is 3. The maximum Gasteiger partial charge on any atom is 0.416 e. The number of carboxylic acid groups (broad SMARTS) is 1. The number of hydrogen-bond donors (Lipinski definition) is 1. The molecule has 34 heavy (non-hydrogen) atoms. The molecule has 0 unspecified atom stereocenters. The van der Waals surface area contributed by atoms with Crippen molar-refractivity contribution in [3.8, 4) is 28.1 Å². The summed E-state index contributed by atoms with van der Waals surface area (Å²) in [6.07, 6.45) is -1.86. The van der Waals surface area contributed by atoms with Crippen molar-refractivity contribution in [3.05, 3.63) is 75.1 Å². The summed E-state index contributed by atoms with van der Waals surface area (Å²) in [5, 5.41) is 9.48. The average molecular weight is 469 g/mol. The molecule has 0 saturated heterocycles. The Kier molecular flexibility index (Phi) is 5.07. The number of hydrogen-bond acceptors (Lipinski definition) is 3. The first kappa shape index (κ1) is 22.3. The highest BCUT2D eigenvalue weighted by atomic mass is 19.4. The lowest BCUT2D eigenvalue weighted by Crippen LogP contribution is -2.28. The van der Waals surface area contributed by atoms with Crippen molar-refractivity contribution in [2.24, 2.45) is 5.92 Å². The number of pyridine rings is 1. The Bertz CT molecular complexity index is 1390. The highest BCUT2D eigenvalue weighted by molar-refractivity contribution is 5.88. The van der Waals surface area contributed by atoms with Crippen LogP contribution in [-0.2, 0) is 19.0 Å². The molecule has 0 spiro atoms. The Balaban J connectivity index is 1.79. The maximum atomic E-state index is 13.4. The van der Waals surface area contributed by atoms with Crippen LogP contribution in [0.2, 0.25) is 0 Å². The van der Waals surface area contributed by atoms with Crippen LogP contribution in [-0.4, -0.2) is 22.2 Å². The van der Waals surface area contributed by atoms with Crippen molar-refractivity contribution in [2.75, 3.05) is 6.61 Å². The second-order valence-corrected chi connectivity index (χ2v) is 9.10. The van der Waals surface area contributed by atoms with E-state index in [1.165, 1.54) is 18.3 Å². The Labute approximate surface area is 193 Å². The van der Waals surface area contributed by atoms with Crippen molar-refractivity contribution in [1.29, 1.82) is 0 Å². The van der Waals surface area contributed by atoms with Gasteiger partial charge in [0.05, 0.1) is 17.9 Å². The molecular weight excluding hydrogens is 447 g/mol. The first-order valence-corrected chi connectivity index (χ1v) is 11.0. The Morgan fingerprint density at radius 3 is 2.59 bits per heavy atom. The highest BCUT2D eigenvalue weighted by Gasteiger charge is 2.34. The molecule has 0 fully saturated rings. The van der Waals surface area contributed by atoms with E-state index in [0.717, 1.165) is 28.8 Å². The van der Waals surface area contributed by atoms with E-state index in [-0.39, 0.29) is 17.5 Å². The average Bonchev–Trinajstić information content (AvgIpc) is 3.27. The largest absolute Gasteiger partial charge is 0.492 e. The molecule has 3 heterocycles. The van der Waals surface area contributed by atoms with E-state index < -0.39 is 23.1 Å². The number of benzene rings is 2. The lowest BCUT2D eigenvalue weighted by Gasteiger charge is -2.34. The van der Waals surface area contributed by atoms with Gasteiger partial charge in [0.15, 0.2) is 5.43 Å². The third-order valence-corrected chi connectivity index (χ3v) is 6.72. The summed E-state index contributed by atoms with van der Waals surface area (Å²) in [7, 11) is 0. The van der Waals surface area contributed by atoms with Gasteiger partial charge in [-0.05, 0) is 41.7 Å².